The maximum absolute atomic E-state index is 6.07. The van der Waals surface area contributed by atoms with Crippen molar-refractivity contribution in [1.29, 1.82) is 0 Å². The number of hydrogen-bond acceptors (Lipinski definition) is 2. The maximum Gasteiger partial charge on any atom is 2.00 e. The average molecular weight is 485 g/mol. The zero-order valence-corrected chi connectivity index (χ0v) is 23.7. The van der Waals surface area contributed by atoms with Gasteiger partial charge in [-0.2, -0.15) is 36.4 Å². The first-order valence-electron chi connectivity index (χ1n) is 9.97. The molecule has 0 spiro atoms. The molecule has 2 nitrogen and oxygen atoms in total. The van der Waals surface area contributed by atoms with E-state index in [-0.39, 0.29) is 46.0 Å². The molecule has 166 valence electrons. The Hall–Kier alpha value is -0.409. The Kier molecular flexibility index (Phi) is 13.3. The van der Waals surface area contributed by atoms with E-state index < -0.39 is 16.6 Å². The standard InChI is InChI=1S/2C12H19OSi.Cu.Li/c2*1-12(2,3)14(4,5)13-11-9-7-6-8-10-11;;/h6-7,9-10H,1-5H3;6-9H,1-5H3;;/q2*-1;+2;. The molecule has 0 saturated carbocycles. The van der Waals surface area contributed by atoms with Gasteiger partial charge in [0.05, 0.1) is 0 Å². The topological polar surface area (TPSA) is 18.5 Å². The average Bonchev–Trinajstić information content (AvgIpc) is 2.54. The Labute approximate surface area is 210 Å². The smallest absolute Gasteiger partial charge is 0.602 e. The molecular formula is C24H38CuLiO2Si2. The van der Waals surface area contributed by atoms with Gasteiger partial charge in [-0.25, -0.2) is 0 Å². The van der Waals surface area contributed by atoms with Gasteiger partial charge < -0.3 is 8.85 Å². The van der Waals surface area contributed by atoms with E-state index in [0.717, 1.165) is 11.5 Å². The third kappa shape index (κ3) is 10.3. The molecule has 0 heterocycles. The second-order valence-electron chi connectivity index (χ2n) is 10.2. The summed E-state index contributed by atoms with van der Waals surface area (Å²) in [6.45, 7) is 22.4. The minimum Gasteiger partial charge on any atom is -0.602 e. The molecule has 0 aliphatic heterocycles. The Morgan fingerprint density at radius 3 is 1.67 bits per heavy atom. The fourth-order valence-corrected chi connectivity index (χ4v) is 3.76. The third-order valence-corrected chi connectivity index (χ3v) is 14.4. The molecule has 30 heavy (non-hydrogen) atoms. The quantitative estimate of drug-likeness (QED) is 0.333. The normalized spacial score (nSPS) is 11.8. The SMILES string of the molecule is CC(C)(C)[Si](C)(C)Oc1[c-]cccc1.CC(C)(C)[Si](C)(C)Oc1c[c-]ccc1.[Cu+2].[Li]. The van der Waals surface area contributed by atoms with Gasteiger partial charge in [-0.05, 0) is 47.8 Å². The summed E-state index contributed by atoms with van der Waals surface area (Å²) < 4.78 is 12.1. The molecule has 0 amide bonds. The molecule has 0 bridgehead atoms. The molecule has 0 atom stereocenters. The van der Waals surface area contributed by atoms with Crippen LogP contribution in [0.2, 0.25) is 36.3 Å². The Balaban J connectivity index is 0. The molecular weight excluding hydrogens is 447 g/mol. The summed E-state index contributed by atoms with van der Waals surface area (Å²) in [4.78, 5) is 0. The predicted molar refractivity (Wildman–Crippen MR) is 132 cm³/mol. The fourth-order valence-electron chi connectivity index (χ4n) is 1.76. The van der Waals surface area contributed by atoms with Crippen molar-refractivity contribution >= 4 is 35.5 Å². The van der Waals surface area contributed by atoms with Gasteiger partial charge in [-0.15, -0.1) is 24.3 Å². The van der Waals surface area contributed by atoms with E-state index in [1.54, 1.807) is 0 Å². The van der Waals surface area contributed by atoms with Crippen LogP contribution >= 0.6 is 0 Å². The van der Waals surface area contributed by atoms with E-state index >= 15 is 0 Å². The first-order valence-corrected chi connectivity index (χ1v) is 15.8. The molecule has 0 aliphatic rings. The van der Waals surface area contributed by atoms with E-state index in [2.05, 4.69) is 79.9 Å². The first kappa shape index (κ1) is 31.8. The van der Waals surface area contributed by atoms with Gasteiger partial charge in [0.15, 0.2) is 0 Å². The van der Waals surface area contributed by atoms with Crippen molar-refractivity contribution < 1.29 is 25.9 Å². The van der Waals surface area contributed by atoms with E-state index in [4.69, 9.17) is 8.85 Å². The van der Waals surface area contributed by atoms with Gasteiger partial charge in [-0.3, -0.25) is 0 Å². The minimum atomic E-state index is -1.68. The summed E-state index contributed by atoms with van der Waals surface area (Å²) in [5, 5.41) is 0.500. The van der Waals surface area contributed by atoms with Crippen molar-refractivity contribution in [1.82, 2.24) is 0 Å². The summed E-state index contributed by atoms with van der Waals surface area (Å²) in [5.41, 5.74) is 0. The molecule has 2 radical (unpaired) electrons. The van der Waals surface area contributed by atoms with Gasteiger partial charge in [-0.1, -0.05) is 41.5 Å². The van der Waals surface area contributed by atoms with Crippen molar-refractivity contribution in [3.63, 3.8) is 0 Å². The van der Waals surface area contributed by atoms with Crippen LogP contribution in [-0.2, 0) is 17.1 Å². The molecule has 0 N–H and O–H groups in total. The van der Waals surface area contributed by atoms with E-state index in [0.29, 0.717) is 0 Å². The minimum absolute atomic E-state index is 0. The van der Waals surface area contributed by atoms with Crippen LogP contribution in [0, 0.1) is 12.1 Å². The van der Waals surface area contributed by atoms with Gasteiger partial charge >= 0.3 is 17.1 Å². The van der Waals surface area contributed by atoms with Gasteiger partial charge in [0.2, 0.25) is 16.6 Å². The molecule has 0 aromatic heterocycles. The van der Waals surface area contributed by atoms with Crippen LogP contribution in [0.5, 0.6) is 11.5 Å². The van der Waals surface area contributed by atoms with Crippen molar-refractivity contribution in [2.24, 2.45) is 0 Å². The number of benzene rings is 2. The van der Waals surface area contributed by atoms with E-state index in [9.17, 15) is 0 Å². The molecule has 2 aromatic rings. The first-order chi connectivity index (χ1) is 12.7. The molecule has 0 unspecified atom stereocenters. The van der Waals surface area contributed by atoms with Crippen molar-refractivity contribution in [2.45, 2.75) is 77.8 Å². The van der Waals surface area contributed by atoms with Crippen LogP contribution in [0.1, 0.15) is 41.5 Å². The summed E-state index contributed by atoms with van der Waals surface area (Å²) in [7, 11) is -3.34. The molecule has 6 heteroatoms. The number of para-hydroxylation sites is 1. The fraction of sp³-hybridized carbons (Fsp3) is 0.500. The monoisotopic (exact) mass is 484 g/mol. The van der Waals surface area contributed by atoms with E-state index in [1.165, 1.54) is 0 Å². The predicted octanol–water partition coefficient (Wildman–Crippen LogP) is 7.36. The Morgan fingerprint density at radius 1 is 0.733 bits per heavy atom. The van der Waals surface area contributed by atoms with Crippen molar-refractivity contribution in [3.05, 3.63) is 60.7 Å². The summed E-state index contributed by atoms with van der Waals surface area (Å²) in [6, 6.07) is 21.7. The summed E-state index contributed by atoms with van der Waals surface area (Å²) in [5.74, 6) is 1.82. The zero-order valence-electron chi connectivity index (χ0n) is 20.7. The van der Waals surface area contributed by atoms with Crippen molar-refractivity contribution in [3.8, 4) is 11.5 Å². The van der Waals surface area contributed by atoms with Crippen LogP contribution in [0.4, 0.5) is 0 Å². The third-order valence-electron chi connectivity index (χ3n) is 5.71. The maximum atomic E-state index is 6.07. The molecule has 2 rings (SSSR count). The van der Waals surface area contributed by atoms with E-state index in [1.807, 2.05) is 48.5 Å². The number of rotatable bonds is 4. The summed E-state index contributed by atoms with van der Waals surface area (Å²) >= 11 is 0. The Morgan fingerprint density at radius 2 is 1.27 bits per heavy atom. The number of hydrogen-bond donors (Lipinski definition) is 0. The van der Waals surface area contributed by atoms with Crippen LogP contribution in [0.15, 0.2) is 48.5 Å². The van der Waals surface area contributed by atoms with Gasteiger partial charge in [0.1, 0.15) is 0 Å². The largest absolute Gasteiger partial charge is 2.00 e. The Bertz CT molecular complexity index is 646. The van der Waals surface area contributed by atoms with Crippen LogP contribution in [0.3, 0.4) is 0 Å². The van der Waals surface area contributed by atoms with Gasteiger partial charge in [0, 0.05) is 18.9 Å². The van der Waals surface area contributed by atoms with Crippen LogP contribution in [-0.4, -0.2) is 35.5 Å². The molecule has 0 saturated heterocycles. The summed E-state index contributed by atoms with van der Waals surface area (Å²) in [6.07, 6.45) is 0. The second-order valence-corrected chi connectivity index (χ2v) is 19.6. The van der Waals surface area contributed by atoms with Crippen LogP contribution in [0.25, 0.3) is 0 Å². The molecule has 0 aliphatic carbocycles. The zero-order chi connectivity index (χ0) is 21.6. The van der Waals surface area contributed by atoms with Gasteiger partial charge in [0.25, 0.3) is 0 Å². The molecule has 2 aromatic carbocycles. The van der Waals surface area contributed by atoms with Crippen molar-refractivity contribution in [2.75, 3.05) is 0 Å². The molecule has 0 fully saturated rings. The van der Waals surface area contributed by atoms with Crippen LogP contribution < -0.4 is 8.85 Å². The second kappa shape index (κ2) is 12.6.